The highest BCUT2D eigenvalue weighted by molar-refractivity contribution is 5.88. The molecular weight excluding hydrogens is 278 g/mol. The lowest BCUT2D eigenvalue weighted by Gasteiger charge is -2.24. The molecule has 1 unspecified atom stereocenters. The highest BCUT2D eigenvalue weighted by Gasteiger charge is 2.15. The van der Waals surface area contributed by atoms with Gasteiger partial charge in [-0.15, -0.1) is 0 Å². The summed E-state index contributed by atoms with van der Waals surface area (Å²) in [6.45, 7) is 2.46. The van der Waals surface area contributed by atoms with Gasteiger partial charge in [-0.25, -0.2) is 0 Å². The van der Waals surface area contributed by atoms with E-state index in [1.54, 1.807) is 0 Å². The first kappa shape index (κ1) is 15.3. The van der Waals surface area contributed by atoms with Crippen molar-refractivity contribution < 1.29 is 14.6 Å². The van der Waals surface area contributed by atoms with Crippen LogP contribution in [-0.4, -0.2) is 43.6 Å². The van der Waals surface area contributed by atoms with Crippen LogP contribution in [-0.2, 0) is 4.74 Å². The fourth-order valence-electron chi connectivity index (χ4n) is 2.77. The van der Waals surface area contributed by atoms with Crippen molar-refractivity contribution in [2.24, 2.45) is 0 Å². The first-order valence-electron chi connectivity index (χ1n) is 7.92. The summed E-state index contributed by atoms with van der Waals surface area (Å²) in [7, 11) is 0. The van der Waals surface area contributed by atoms with Gasteiger partial charge in [0.15, 0.2) is 0 Å². The summed E-state index contributed by atoms with van der Waals surface area (Å²) in [6.07, 6.45) is 1.51. The van der Waals surface area contributed by atoms with E-state index in [0.717, 1.165) is 42.6 Å². The van der Waals surface area contributed by atoms with Crippen LogP contribution in [0.3, 0.4) is 0 Å². The van der Waals surface area contributed by atoms with Crippen LogP contribution in [0.4, 0.5) is 0 Å². The van der Waals surface area contributed by atoms with Crippen molar-refractivity contribution in [2.45, 2.75) is 25.0 Å². The summed E-state index contributed by atoms with van der Waals surface area (Å²) >= 11 is 0. The average Bonchev–Trinajstić information content (AvgIpc) is 2.59. The molecule has 3 rings (SSSR count). The molecule has 1 fully saturated rings. The number of benzene rings is 2. The monoisotopic (exact) mass is 301 g/mol. The van der Waals surface area contributed by atoms with Crippen molar-refractivity contribution in [3.8, 4) is 5.75 Å². The predicted octanol–water partition coefficient (Wildman–Crippen LogP) is 2.35. The minimum absolute atomic E-state index is 0.296. The second-order valence-corrected chi connectivity index (χ2v) is 5.74. The van der Waals surface area contributed by atoms with Gasteiger partial charge >= 0.3 is 0 Å². The van der Waals surface area contributed by atoms with Gasteiger partial charge in [-0.05, 0) is 24.3 Å². The molecule has 1 heterocycles. The number of rotatable bonds is 6. The smallest absolute Gasteiger partial charge is 0.127 e. The molecule has 0 aliphatic carbocycles. The fraction of sp³-hybridized carbons (Fsp3) is 0.444. The summed E-state index contributed by atoms with van der Waals surface area (Å²) in [4.78, 5) is 0. The second-order valence-electron chi connectivity index (χ2n) is 5.74. The van der Waals surface area contributed by atoms with Gasteiger partial charge in [-0.2, -0.15) is 0 Å². The molecule has 0 amide bonds. The van der Waals surface area contributed by atoms with Crippen LogP contribution in [0.25, 0.3) is 10.8 Å². The fourth-order valence-corrected chi connectivity index (χ4v) is 2.77. The topological polar surface area (TPSA) is 50.7 Å². The minimum atomic E-state index is -0.512. The number of fused-ring (bicyclic) bond motifs is 1. The molecule has 0 bridgehead atoms. The molecule has 22 heavy (non-hydrogen) atoms. The number of ether oxygens (including phenoxy) is 2. The van der Waals surface area contributed by atoms with Crippen LogP contribution in [0.1, 0.15) is 12.8 Å². The molecule has 1 aliphatic rings. The molecule has 0 aromatic heterocycles. The number of hydrogen-bond donors (Lipinski definition) is 2. The average molecular weight is 301 g/mol. The van der Waals surface area contributed by atoms with Gasteiger partial charge < -0.3 is 19.9 Å². The second kappa shape index (κ2) is 7.58. The third-order valence-corrected chi connectivity index (χ3v) is 4.04. The zero-order valence-electron chi connectivity index (χ0n) is 12.7. The van der Waals surface area contributed by atoms with Crippen molar-refractivity contribution in [1.82, 2.24) is 5.32 Å². The highest BCUT2D eigenvalue weighted by atomic mass is 16.5. The molecule has 2 N–H and O–H groups in total. The van der Waals surface area contributed by atoms with Crippen LogP contribution in [0.5, 0.6) is 5.75 Å². The Hall–Kier alpha value is -1.62. The summed E-state index contributed by atoms with van der Waals surface area (Å²) < 4.78 is 11.1. The van der Waals surface area contributed by atoms with Crippen molar-refractivity contribution in [2.75, 3.05) is 26.4 Å². The van der Waals surface area contributed by atoms with Crippen molar-refractivity contribution in [1.29, 1.82) is 0 Å². The summed E-state index contributed by atoms with van der Waals surface area (Å²) in [5.74, 6) is 0.822. The molecular formula is C18H23NO3. The Labute approximate surface area is 131 Å². The van der Waals surface area contributed by atoms with Gasteiger partial charge in [0.05, 0.1) is 0 Å². The normalized spacial score (nSPS) is 17.5. The summed E-state index contributed by atoms with van der Waals surface area (Å²) in [6, 6.07) is 14.5. The van der Waals surface area contributed by atoms with Crippen molar-refractivity contribution >= 4 is 10.8 Å². The Morgan fingerprint density at radius 1 is 1.14 bits per heavy atom. The van der Waals surface area contributed by atoms with Crippen LogP contribution >= 0.6 is 0 Å². The van der Waals surface area contributed by atoms with Gasteiger partial charge in [-0.3, -0.25) is 0 Å². The Bertz CT molecular complexity index is 590. The van der Waals surface area contributed by atoms with Gasteiger partial charge in [0.25, 0.3) is 0 Å². The Kier molecular flexibility index (Phi) is 5.27. The number of nitrogens with one attached hydrogen (secondary N) is 1. The van der Waals surface area contributed by atoms with E-state index in [-0.39, 0.29) is 0 Å². The molecule has 1 atom stereocenters. The molecule has 0 spiro atoms. The van der Waals surface area contributed by atoms with Gasteiger partial charge in [0.1, 0.15) is 18.5 Å². The molecule has 118 valence electrons. The molecule has 1 aliphatic heterocycles. The molecule has 4 nitrogen and oxygen atoms in total. The number of aliphatic hydroxyl groups is 1. The van der Waals surface area contributed by atoms with E-state index in [9.17, 15) is 5.11 Å². The lowest BCUT2D eigenvalue weighted by molar-refractivity contribution is 0.0656. The lowest BCUT2D eigenvalue weighted by Crippen LogP contribution is -2.40. The van der Waals surface area contributed by atoms with Crippen LogP contribution in [0.2, 0.25) is 0 Å². The molecule has 1 saturated heterocycles. The Balaban J connectivity index is 1.50. The maximum atomic E-state index is 10.1. The third-order valence-electron chi connectivity index (χ3n) is 4.04. The largest absolute Gasteiger partial charge is 0.490 e. The van der Waals surface area contributed by atoms with Crippen LogP contribution in [0, 0.1) is 0 Å². The van der Waals surface area contributed by atoms with Crippen molar-refractivity contribution in [3.63, 3.8) is 0 Å². The summed E-state index contributed by atoms with van der Waals surface area (Å²) in [5, 5.41) is 15.7. The van der Waals surface area contributed by atoms with E-state index in [1.165, 1.54) is 0 Å². The third kappa shape index (κ3) is 3.97. The van der Waals surface area contributed by atoms with E-state index in [0.29, 0.717) is 19.2 Å². The Morgan fingerprint density at radius 3 is 2.77 bits per heavy atom. The molecule has 0 radical (unpaired) electrons. The quantitative estimate of drug-likeness (QED) is 0.860. The first-order chi connectivity index (χ1) is 10.8. The zero-order chi connectivity index (χ0) is 15.2. The first-order valence-corrected chi connectivity index (χ1v) is 7.92. The molecule has 0 saturated carbocycles. The van der Waals surface area contributed by atoms with Crippen LogP contribution < -0.4 is 10.1 Å². The highest BCUT2D eigenvalue weighted by Crippen LogP contribution is 2.25. The Morgan fingerprint density at radius 2 is 1.91 bits per heavy atom. The van der Waals surface area contributed by atoms with E-state index >= 15 is 0 Å². The maximum absolute atomic E-state index is 10.1. The van der Waals surface area contributed by atoms with E-state index < -0.39 is 6.10 Å². The number of hydrogen-bond acceptors (Lipinski definition) is 4. The van der Waals surface area contributed by atoms with Crippen LogP contribution in [0.15, 0.2) is 42.5 Å². The van der Waals surface area contributed by atoms with E-state index in [1.807, 2.05) is 30.3 Å². The zero-order valence-corrected chi connectivity index (χ0v) is 12.7. The predicted molar refractivity (Wildman–Crippen MR) is 87.3 cm³/mol. The number of aliphatic hydroxyl groups excluding tert-OH is 1. The van der Waals surface area contributed by atoms with Crippen molar-refractivity contribution in [3.05, 3.63) is 42.5 Å². The standard InChI is InChI=1S/C18H23NO3/c20-16(12-19-15-8-10-21-11-9-15)13-22-18-7-3-5-14-4-1-2-6-17(14)18/h1-7,15-16,19-20H,8-13H2. The lowest BCUT2D eigenvalue weighted by atomic mass is 10.1. The molecule has 2 aromatic rings. The van der Waals surface area contributed by atoms with Gasteiger partial charge in [0.2, 0.25) is 0 Å². The van der Waals surface area contributed by atoms with E-state index in [2.05, 4.69) is 17.4 Å². The molecule has 2 aromatic carbocycles. The minimum Gasteiger partial charge on any atom is -0.490 e. The van der Waals surface area contributed by atoms with Gasteiger partial charge in [-0.1, -0.05) is 36.4 Å². The van der Waals surface area contributed by atoms with Gasteiger partial charge in [0, 0.05) is 31.2 Å². The maximum Gasteiger partial charge on any atom is 0.127 e. The van der Waals surface area contributed by atoms with E-state index in [4.69, 9.17) is 9.47 Å². The SMILES string of the molecule is OC(CNC1CCOCC1)COc1cccc2ccccc12. The molecule has 4 heteroatoms. The summed E-state index contributed by atoms with van der Waals surface area (Å²) in [5.41, 5.74) is 0.